The second-order valence-corrected chi connectivity index (χ2v) is 10.4. The third kappa shape index (κ3) is 3.97. The summed E-state index contributed by atoms with van der Waals surface area (Å²) in [6, 6.07) is 10.3. The van der Waals surface area contributed by atoms with Crippen molar-refractivity contribution in [3.05, 3.63) is 90.6 Å². The maximum absolute atomic E-state index is 14.8. The molecular weight excluding hydrogens is 481 g/mol. The number of fused-ring (bicyclic) bond motifs is 1. The van der Waals surface area contributed by atoms with Gasteiger partial charge in [0.15, 0.2) is 0 Å². The van der Waals surface area contributed by atoms with Gasteiger partial charge in [0.25, 0.3) is 21.5 Å². The number of amides is 1. The van der Waals surface area contributed by atoms with E-state index in [1.54, 1.807) is 19.1 Å². The Bertz CT molecular complexity index is 1620. The highest BCUT2D eigenvalue weighted by Crippen LogP contribution is 2.25. The average Bonchev–Trinajstić information content (AvgIpc) is 3.16. The van der Waals surface area contributed by atoms with E-state index in [4.69, 9.17) is 11.6 Å². The van der Waals surface area contributed by atoms with Crippen LogP contribution in [0.15, 0.2) is 62.3 Å². The summed E-state index contributed by atoms with van der Waals surface area (Å²) >= 11 is 6.47. The van der Waals surface area contributed by atoms with Crippen molar-refractivity contribution >= 4 is 49.8 Å². The molecule has 0 unspecified atom stereocenters. The summed E-state index contributed by atoms with van der Waals surface area (Å²) in [5.74, 6) is -2.15. The van der Waals surface area contributed by atoms with Gasteiger partial charge < -0.3 is 4.98 Å². The second kappa shape index (κ2) is 8.01. The minimum absolute atomic E-state index is 0.178. The van der Waals surface area contributed by atoms with Crippen LogP contribution in [0.1, 0.15) is 15.9 Å². The number of nitrogens with one attached hydrogen (secondary N) is 2. The van der Waals surface area contributed by atoms with Gasteiger partial charge in [-0.1, -0.05) is 17.7 Å². The SMILES string of the molecule is Cc1ccc2c(=O)n(-c3ccc(C(=O)NS(=O)(=O)c4ccc(Cl)s4)cc3F)c(=O)[nH]c2c1. The number of aromatic nitrogens is 2. The minimum atomic E-state index is -4.20. The number of hydrogen-bond donors (Lipinski definition) is 2. The van der Waals surface area contributed by atoms with E-state index in [9.17, 15) is 27.2 Å². The molecule has 4 rings (SSSR count). The van der Waals surface area contributed by atoms with Crippen molar-refractivity contribution in [1.29, 1.82) is 0 Å². The number of aromatic amines is 1. The van der Waals surface area contributed by atoms with E-state index < -0.39 is 33.0 Å². The lowest BCUT2D eigenvalue weighted by Gasteiger charge is -2.10. The maximum Gasteiger partial charge on any atom is 0.333 e. The molecule has 4 aromatic rings. The van der Waals surface area contributed by atoms with Crippen LogP contribution >= 0.6 is 22.9 Å². The third-order valence-electron chi connectivity index (χ3n) is 4.54. The van der Waals surface area contributed by atoms with Gasteiger partial charge in [0.2, 0.25) is 0 Å². The van der Waals surface area contributed by atoms with Crippen molar-refractivity contribution in [2.75, 3.05) is 0 Å². The quantitative estimate of drug-likeness (QED) is 0.453. The predicted molar refractivity (Wildman–Crippen MR) is 119 cm³/mol. The predicted octanol–water partition coefficient (Wildman–Crippen LogP) is 2.96. The van der Waals surface area contributed by atoms with Gasteiger partial charge in [-0.25, -0.2) is 26.9 Å². The maximum atomic E-state index is 14.8. The fourth-order valence-corrected chi connectivity index (χ4v) is 5.51. The Morgan fingerprint density at radius 1 is 1.12 bits per heavy atom. The number of carbonyl (C=O) groups excluding carboxylic acids is 1. The molecule has 0 saturated carbocycles. The van der Waals surface area contributed by atoms with Crippen LogP contribution in [-0.4, -0.2) is 23.9 Å². The zero-order valence-corrected chi connectivity index (χ0v) is 18.6. The second-order valence-electron chi connectivity index (χ2n) is 6.78. The largest absolute Gasteiger partial charge is 0.333 e. The van der Waals surface area contributed by atoms with E-state index in [2.05, 4.69) is 4.98 Å². The normalized spacial score (nSPS) is 11.6. The summed E-state index contributed by atoms with van der Waals surface area (Å²) in [6.07, 6.45) is 0. The van der Waals surface area contributed by atoms with Crippen LogP contribution in [0.5, 0.6) is 0 Å². The average molecular weight is 494 g/mol. The lowest BCUT2D eigenvalue weighted by molar-refractivity contribution is 0.0981. The van der Waals surface area contributed by atoms with Crippen molar-refractivity contribution in [3.63, 3.8) is 0 Å². The molecule has 1 amide bonds. The molecule has 0 spiro atoms. The number of carbonyl (C=O) groups is 1. The van der Waals surface area contributed by atoms with Gasteiger partial charge >= 0.3 is 5.69 Å². The smallest absolute Gasteiger partial charge is 0.306 e. The van der Waals surface area contributed by atoms with Crippen LogP contribution in [0.3, 0.4) is 0 Å². The van der Waals surface area contributed by atoms with Crippen molar-refractivity contribution in [2.45, 2.75) is 11.1 Å². The highest BCUT2D eigenvalue weighted by atomic mass is 35.5. The lowest BCUT2D eigenvalue weighted by Crippen LogP contribution is -2.34. The van der Waals surface area contributed by atoms with Gasteiger partial charge in [-0.15, -0.1) is 11.3 Å². The molecule has 2 aromatic heterocycles. The first-order chi connectivity index (χ1) is 15.1. The Kier molecular flexibility index (Phi) is 5.49. The Labute approximate surface area is 189 Å². The standard InChI is InChI=1S/C20H13ClFN3O5S2/c1-10-2-4-12-14(8-10)23-20(28)25(19(12)27)15-5-3-11(9-13(15)22)18(26)24-32(29,30)17-7-6-16(21)31-17/h2-9H,1H3,(H,23,28)(H,24,26). The Morgan fingerprint density at radius 2 is 1.88 bits per heavy atom. The topological polar surface area (TPSA) is 118 Å². The minimum Gasteiger partial charge on any atom is -0.306 e. The summed E-state index contributed by atoms with van der Waals surface area (Å²) in [5.41, 5.74) is -1.17. The molecule has 0 aliphatic heterocycles. The molecule has 2 N–H and O–H groups in total. The van der Waals surface area contributed by atoms with Crippen molar-refractivity contribution in [2.24, 2.45) is 0 Å². The van der Waals surface area contributed by atoms with Gasteiger partial charge in [0.05, 0.1) is 20.9 Å². The molecular formula is C20H13ClFN3O5S2. The lowest BCUT2D eigenvalue weighted by atomic mass is 10.1. The van der Waals surface area contributed by atoms with Crippen LogP contribution in [0.2, 0.25) is 4.34 Å². The van der Waals surface area contributed by atoms with Gasteiger partial charge in [0.1, 0.15) is 10.0 Å². The Morgan fingerprint density at radius 3 is 2.53 bits per heavy atom. The molecule has 2 heterocycles. The molecule has 0 saturated heterocycles. The summed E-state index contributed by atoms with van der Waals surface area (Å²) in [4.78, 5) is 40.1. The molecule has 0 radical (unpaired) electrons. The summed E-state index contributed by atoms with van der Waals surface area (Å²) in [5, 5.41) is 0.178. The third-order valence-corrected chi connectivity index (χ3v) is 7.60. The number of nitrogens with zero attached hydrogens (tertiary/aromatic N) is 1. The van der Waals surface area contributed by atoms with Crippen LogP contribution in [0, 0.1) is 12.7 Å². The van der Waals surface area contributed by atoms with Crippen LogP contribution in [0.25, 0.3) is 16.6 Å². The molecule has 0 fully saturated rings. The van der Waals surface area contributed by atoms with E-state index in [-0.39, 0.29) is 25.2 Å². The molecule has 0 aliphatic rings. The molecule has 0 aliphatic carbocycles. The first-order valence-corrected chi connectivity index (χ1v) is 11.6. The Hall–Kier alpha value is -3.28. The molecule has 2 aromatic carbocycles. The van der Waals surface area contributed by atoms with E-state index in [0.717, 1.165) is 35.1 Å². The number of H-pyrrole nitrogens is 1. The summed E-state index contributed by atoms with van der Waals surface area (Å²) < 4.78 is 41.8. The number of aryl methyl sites for hydroxylation is 1. The highest BCUT2D eigenvalue weighted by Gasteiger charge is 2.22. The van der Waals surface area contributed by atoms with Crippen LogP contribution in [0.4, 0.5) is 4.39 Å². The van der Waals surface area contributed by atoms with E-state index in [1.807, 2.05) is 4.72 Å². The Balaban J connectivity index is 1.72. The zero-order chi connectivity index (χ0) is 23.2. The number of sulfonamides is 1. The fourth-order valence-electron chi connectivity index (χ4n) is 3.05. The number of halogens is 2. The molecule has 0 bridgehead atoms. The van der Waals surface area contributed by atoms with E-state index in [0.29, 0.717) is 10.1 Å². The summed E-state index contributed by atoms with van der Waals surface area (Å²) in [7, 11) is -4.20. The molecule has 12 heteroatoms. The number of thiophene rings is 1. The number of benzene rings is 2. The van der Waals surface area contributed by atoms with Crippen molar-refractivity contribution in [1.82, 2.24) is 14.3 Å². The van der Waals surface area contributed by atoms with E-state index >= 15 is 0 Å². The van der Waals surface area contributed by atoms with Gasteiger partial charge in [-0.3, -0.25) is 9.59 Å². The number of rotatable bonds is 4. The van der Waals surface area contributed by atoms with Crippen LogP contribution in [-0.2, 0) is 10.0 Å². The van der Waals surface area contributed by atoms with Gasteiger partial charge in [-0.05, 0) is 55.0 Å². The molecule has 0 atom stereocenters. The first-order valence-electron chi connectivity index (χ1n) is 8.95. The van der Waals surface area contributed by atoms with Gasteiger partial charge in [-0.2, -0.15) is 0 Å². The monoisotopic (exact) mass is 493 g/mol. The van der Waals surface area contributed by atoms with Crippen molar-refractivity contribution in [3.8, 4) is 5.69 Å². The van der Waals surface area contributed by atoms with Gasteiger partial charge in [0, 0.05) is 5.56 Å². The number of hydrogen-bond acceptors (Lipinski definition) is 6. The molecule has 32 heavy (non-hydrogen) atoms. The molecule has 164 valence electrons. The van der Waals surface area contributed by atoms with Crippen molar-refractivity contribution < 1.29 is 17.6 Å². The summed E-state index contributed by atoms with van der Waals surface area (Å²) in [6.45, 7) is 1.79. The zero-order valence-electron chi connectivity index (χ0n) is 16.2. The first kappa shape index (κ1) is 21.9. The molecule has 8 nitrogen and oxygen atoms in total. The van der Waals surface area contributed by atoms with E-state index in [1.165, 1.54) is 18.2 Å². The highest BCUT2D eigenvalue weighted by molar-refractivity contribution is 7.92. The van der Waals surface area contributed by atoms with Crippen LogP contribution < -0.4 is 16.0 Å². The fraction of sp³-hybridized carbons (Fsp3) is 0.0500.